The van der Waals surface area contributed by atoms with Crippen molar-refractivity contribution in [3.8, 4) is 5.75 Å². The highest BCUT2D eigenvalue weighted by Crippen LogP contribution is 2.28. The Morgan fingerprint density at radius 1 is 1.12 bits per heavy atom. The van der Waals surface area contributed by atoms with E-state index in [1.54, 1.807) is 18.6 Å². The maximum Gasteiger partial charge on any atom is 0.332 e. The number of rotatable bonds is 7. The number of anilines is 1. The van der Waals surface area contributed by atoms with Crippen LogP contribution in [0.2, 0.25) is 0 Å². The normalized spacial score (nSPS) is 18.6. The lowest BCUT2D eigenvalue weighted by molar-refractivity contribution is 0.126. The van der Waals surface area contributed by atoms with E-state index in [4.69, 9.17) is 9.72 Å². The van der Waals surface area contributed by atoms with Crippen LogP contribution in [-0.2, 0) is 19.6 Å². The predicted molar refractivity (Wildman–Crippen MR) is 131 cm³/mol. The van der Waals surface area contributed by atoms with Crippen LogP contribution < -0.4 is 21.3 Å². The third-order valence-electron chi connectivity index (χ3n) is 6.33. The molecular formula is C23H30BrN5O4. The molecule has 2 N–H and O–H groups in total. The molecule has 33 heavy (non-hydrogen) atoms. The van der Waals surface area contributed by atoms with Crippen LogP contribution >= 0.6 is 15.9 Å². The van der Waals surface area contributed by atoms with Gasteiger partial charge in [0.1, 0.15) is 5.75 Å². The third-order valence-corrected chi connectivity index (χ3v) is 6.95. The zero-order valence-electron chi connectivity index (χ0n) is 19.2. The molecule has 1 fully saturated rings. The number of nitrogens with one attached hydrogen (secondary N) is 1. The van der Waals surface area contributed by atoms with E-state index in [0.29, 0.717) is 30.2 Å². The summed E-state index contributed by atoms with van der Waals surface area (Å²) in [7, 11) is 1.61. The highest BCUT2D eigenvalue weighted by atomic mass is 79.9. The van der Waals surface area contributed by atoms with Gasteiger partial charge in [0.2, 0.25) is 5.95 Å². The van der Waals surface area contributed by atoms with Gasteiger partial charge in [0.05, 0.1) is 24.2 Å². The molecular weight excluding hydrogens is 490 g/mol. The summed E-state index contributed by atoms with van der Waals surface area (Å²) in [6.45, 7) is 4.77. The minimum absolute atomic E-state index is 0.141. The number of nitrogens with zero attached hydrogens (tertiary/aromatic N) is 4. The van der Waals surface area contributed by atoms with Gasteiger partial charge < -0.3 is 15.2 Å². The molecule has 4 rings (SSSR count). The van der Waals surface area contributed by atoms with E-state index in [9.17, 15) is 14.7 Å². The van der Waals surface area contributed by atoms with Gasteiger partial charge in [-0.15, -0.1) is 0 Å². The number of aliphatic hydroxyl groups is 1. The molecule has 0 spiro atoms. The van der Waals surface area contributed by atoms with Crippen molar-refractivity contribution in [2.45, 2.75) is 71.3 Å². The number of hydrogen-bond acceptors (Lipinski definition) is 6. The molecule has 0 bridgehead atoms. The predicted octanol–water partition coefficient (Wildman–Crippen LogP) is 2.93. The number of aliphatic hydroxyl groups excluding tert-OH is 1. The van der Waals surface area contributed by atoms with E-state index in [1.807, 2.05) is 29.7 Å². The summed E-state index contributed by atoms with van der Waals surface area (Å²) in [6, 6.07) is 5.92. The Balaban J connectivity index is 1.87. The number of aromatic nitrogens is 4. The minimum atomic E-state index is -0.346. The van der Waals surface area contributed by atoms with Crippen LogP contribution in [0.3, 0.4) is 0 Å². The average molecular weight is 520 g/mol. The van der Waals surface area contributed by atoms with Crippen molar-refractivity contribution < 1.29 is 9.84 Å². The van der Waals surface area contributed by atoms with E-state index in [-0.39, 0.29) is 29.9 Å². The summed E-state index contributed by atoms with van der Waals surface area (Å²) in [6.07, 6.45) is 2.83. The summed E-state index contributed by atoms with van der Waals surface area (Å²) in [4.78, 5) is 31.0. The van der Waals surface area contributed by atoms with Crippen LogP contribution in [0, 0.1) is 0 Å². The second-order valence-corrected chi connectivity index (χ2v) is 9.24. The summed E-state index contributed by atoms with van der Waals surface area (Å²) in [5, 5.41) is 13.4. The van der Waals surface area contributed by atoms with E-state index in [1.165, 1.54) is 4.57 Å². The zero-order chi connectivity index (χ0) is 23.7. The summed E-state index contributed by atoms with van der Waals surface area (Å²) < 4.78 is 10.8. The second kappa shape index (κ2) is 9.72. The van der Waals surface area contributed by atoms with Gasteiger partial charge >= 0.3 is 5.69 Å². The lowest BCUT2D eigenvalue weighted by Gasteiger charge is -2.26. The van der Waals surface area contributed by atoms with Crippen molar-refractivity contribution in [1.29, 1.82) is 0 Å². The number of halogens is 1. The van der Waals surface area contributed by atoms with Gasteiger partial charge in [0.15, 0.2) is 11.2 Å². The topological polar surface area (TPSA) is 103 Å². The van der Waals surface area contributed by atoms with E-state index in [2.05, 4.69) is 21.2 Å². The number of fused-ring (bicyclic) bond motifs is 1. The Morgan fingerprint density at radius 3 is 2.42 bits per heavy atom. The van der Waals surface area contributed by atoms with Crippen LogP contribution in [0.5, 0.6) is 5.75 Å². The summed E-state index contributed by atoms with van der Waals surface area (Å²) in [5.41, 5.74) is 1.07. The molecule has 178 valence electrons. The van der Waals surface area contributed by atoms with Gasteiger partial charge in [0, 0.05) is 19.1 Å². The first-order chi connectivity index (χ1) is 15.9. The van der Waals surface area contributed by atoms with Crippen molar-refractivity contribution in [2.75, 3.05) is 12.4 Å². The smallest absolute Gasteiger partial charge is 0.332 e. The van der Waals surface area contributed by atoms with Gasteiger partial charge in [-0.05, 0) is 73.2 Å². The van der Waals surface area contributed by atoms with Crippen molar-refractivity contribution in [3.05, 3.63) is 49.1 Å². The first-order valence-corrected chi connectivity index (χ1v) is 12.2. The molecule has 1 aliphatic rings. The molecule has 1 aliphatic carbocycles. The van der Waals surface area contributed by atoms with Crippen LogP contribution in [0.4, 0.5) is 5.95 Å². The fourth-order valence-electron chi connectivity index (χ4n) is 4.51. The summed E-state index contributed by atoms with van der Waals surface area (Å²) >= 11 is 3.53. The Morgan fingerprint density at radius 2 is 1.82 bits per heavy atom. The SMILES string of the molecule is CCn1c(=O)c2c(nc(NC3CCC(O)CC3)n2Cc2ccc(OC)c(Br)c2)n(CC)c1=O. The number of ether oxygens (including phenoxy) is 1. The lowest BCUT2D eigenvalue weighted by atomic mass is 9.93. The molecule has 0 atom stereocenters. The van der Waals surface area contributed by atoms with Gasteiger partial charge in [-0.3, -0.25) is 18.5 Å². The Hall–Kier alpha value is -2.59. The number of imidazole rings is 1. The second-order valence-electron chi connectivity index (χ2n) is 8.39. The molecule has 0 aliphatic heterocycles. The molecule has 0 amide bonds. The fraction of sp³-hybridized carbons (Fsp3) is 0.522. The molecule has 9 nitrogen and oxygen atoms in total. The Labute approximate surface area is 200 Å². The highest BCUT2D eigenvalue weighted by Gasteiger charge is 2.25. The molecule has 0 radical (unpaired) electrons. The van der Waals surface area contributed by atoms with Crippen molar-refractivity contribution in [3.63, 3.8) is 0 Å². The zero-order valence-corrected chi connectivity index (χ0v) is 20.8. The first kappa shape index (κ1) is 23.6. The molecule has 2 heterocycles. The van der Waals surface area contributed by atoms with E-state index < -0.39 is 0 Å². The minimum Gasteiger partial charge on any atom is -0.496 e. The molecule has 10 heteroatoms. The third kappa shape index (κ3) is 4.46. The monoisotopic (exact) mass is 519 g/mol. The van der Waals surface area contributed by atoms with Crippen molar-refractivity contribution in [2.24, 2.45) is 0 Å². The lowest BCUT2D eigenvalue weighted by Crippen LogP contribution is -2.40. The first-order valence-electron chi connectivity index (χ1n) is 11.4. The molecule has 0 saturated heterocycles. The van der Waals surface area contributed by atoms with E-state index in [0.717, 1.165) is 41.5 Å². The van der Waals surface area contributed by atoms with Crippen LogP contribution in [0.15, 0.2) is 32.3 Å². The van der Waals surface area contributed by atoms with Gasteiger partial charge in [-0.2, -0.15) is 4.98 Å². The van der Waals surface area contributed by atoms with Crippen LogP contribution in [0.1, 0.15) is 45.1 Å². The van der Waals surface area contributed by atoms with Gasteiger partial charge in [0.25, 0.3) is 5.56 Å². The highest BCUT2D eigenvalue weighted by molar-refractivity contribution is 9.10. The number of benzene rings is 1. The fourth-order valence-corrected chi connectivity index (χ4v) is 5.10. The molecule has 1 aromatic carbocycles. The number of methoxy groups -OCH3 is 1. The molecule has 3 aromatic rings. The van der Waals surface area contributed by atoms with Crippen molar-refractivity contribution in [1.82, 2.24) is 18.7 Å². The standard InChI is InChI=1S/C23H30BrN5O4/c1-4-27-20-19(21(31)28(5-2)23(27)32)29(13-14-6-11-18(33-3)17(24)12-14)22(26-20)25-15-7-9-16(30)10-8-15/h6,11-12,15-16,30H,4-5,7-10,13H2,1-3H3,(H,25,26). The molecule has 2 aromatic heterocycles. The summed E-state index contributed by atoms with van der Waals surface area (Å²) in [5.74, 6) is 1.28. The maximum atomic E-state index is 13.4. The molecule has 0 unspecified atom stereocenters. The maximum absolute atomic E-state index is 13.4. The average Bonchev–Trinajstić information content (AvgIpc) is 3.14. The Kier molecular flexibility index (Phi) is 6.94. The number of aryl methyl sites for hydroxylation is 1. The van der Waals surface area contributed by atoms with Gasteiger partial charge in [-0.25, -0.2) is 4.79 Å². The Bertz CT molecular complexity index is 1270. The molecule has 1 saturated carbocycles. The largest absolute Gasteiger partial charge is 0.496 e. The van der Waals surface area contributed by atoms with E-state index >= 15 is 0 Å². The van der Waals surface area contributed by atoms with Crippen LogP contribution in [0.25, 0.3) is 11.2 Å². The number of hydrogen-bond donors (Lipinski definition) is 2. The van der Waals surface area contributed by atoms with Crippen molar-refractivity contribution >= 4 is 33.0 Å². The quantitative estimate of drug-likeness (QED) is 0.497. The van der Waals surface area contributed by atoms with Gasteiger partial charge in [-0.1, -0.05) is 6.07 Å². The van der Waals surface area contributed by atoms with Crippen LogP contribution in [-0.4, -0.2) is 43.0 Å².